The topological polar surface area (TPSA) is 75.1 Å². The second kappa shape index (κ2) is 9.25. The van der Waals surface area contributed by atoms with Gasteiger partial charge in [0.2, 0.25) is 0 Å². The van der Waals surface area contributed by atoms with E-state index in [0.717, 1.165) is 42.6 Å². The molecule has 0 spiro atoms. The third-order valence-electron chi connectivity index (χ3n) is 6.07. The third-order valence-corrected chi connectivity index (χ3v) is 6.07. The van der Waals surface area contributed by atoms with Crippen LogP contribution in [0, 0.1) is 18.7 Å². The van der Waals surface area contributed by atoms with Gasteiger partial charge in [0.25, 0.3) is 0 Å². The zero-order valence-corrected chi connectivity index (χ0v) is 17.5. The van der Waals surface area contributed by atoms with Gasteiger partial charge in [0, 0.05) is 12.0 Å². The molecule has 0 amide bonds. The second-order valence-electron chi connectivity index (χ2n) is 8.31. The van der Waals surface area contributed by atoms with Gasteiger partial charge in [-0.15, -0.1) is 0 Å². The average molecular weight is 420 g/mol. The molecule has 0 radical (unpaired) electrons. The number of aliphatic carboxylic acids is 1. The van der Waals surface area contributed by atoms with E-state index in [9.17, 15) is 9.18 Å². The molecule has 31 heavy (non-hydrogen) atoms. The summed E-state index contributed by atoms with van der Waals surface area (Å²) in [5, 5.41) is 12.1. The minimum absolute atomic E-state index is 0.291. The molecule has 1 fully saturated rings. The molecule has 0 unspecified atom stereocenters. The Morgan fingerprint density at radius 3 is 2.42 bits per heavy atom. The first-order chi connectivity index (χ1) is 15.0. The fraction of sp³-hybridized carbons (Fsp3) is 0.320. The van der Waals surface area contributed by atoms with E-state index in [1.165, 1.54) is 11.8 Å². The minimum atomic E-state index is -0.689. The molecule has 2 heterocycles. The highest BCUT2D eigenvalue weighted by Crippen LogP contribution is 2.37. The summed E-state index contributed by atoms with van der Waals surface area (Å²) < 4.78 is 13.4. The lowest BCUT2D eigenvalue weighted by Gasteiger charge is -2.28. The Morgan fingerprint density at radius 1 is 1.06 bits per heavy atom. The number of hydrogen-bond donors (Lipinski definition) is 2. The van der Waals surface area contributed by atoms with Crippen molar-refractivity contribution in [1.29, 1.82) is 0 Å². The summed E-state index contributed by atoms with van der Waals surface area (Å²) in [5.74, 6) is 0.390. The van der Waals surface area contributed by atoms with Gasteiger partial charge in [0.15, 0.2) is 0 Å². The molecular formula is C25H26FN3O2. The van der Waals surface area contributed by atoms with Gasteiger partial charge in [0.05, 0.1) is 23.8 Å². The van der Waals surface area contributed by atoms with Crippen molar-refractivity contribution >= 4 is 17.5 Å². The van der Waals surface area contributed by atoms with Gasteiger partial charge in [-0.1, -0.05) is 24.3 Å². The summed E-state index contributed by atoms with van der Waals surface area (Å²) in [7, 11) is 0. The van der Waals surface area contributed by atoms with Crippen molar-refractivity contribution in [1.82, 2.24) is 9.97 Å². The minimum Gasteiger partial charge on any atom is -0.481 e. The van der Waals surface area contributed by atoms with Crippen LogP contribution in [0.3, 0.4) is 0 Å². The Kier molecular flexibility index (Phi) is 6.26. The second-order valence-corrected chi connectivity index (χ2v) is 8.31. The molecule has 1 aliphatic rings. The molecule has 1 aromatic carbocycles. The standard InChI is InChI=1S/C25H26FN3O2/c1-16-12-24(28-15-22(16)26)29-21-10-11-23(27-14-21)20-8-6-19(7-9-20)18-4-2-17(3-5-18)13-25(30)31/h6-12,14-15,17-18H,2-5,13H2,1H3,(H,28,29)(H,30,31). The Labute approximate surface area is 181 Å². The van der Waals surface area contributed by atoms with Crippen LogP contribution in [-0.4, -0.2) is 21.0 Å². The Morgan fingerprint density at radius 2 is 1.81 bits per heavy atom. The molecule has 2 N–H and O–H groups in total. The zero-order chi connectivity index (χ0) is 21.8. The number of halogens is 1. The Hall–Kier alpha value is -3.28. The first-order valence-corrected chi connectivity index (χ1v) is 10.7. The van der Waals surface area contributed by atoms with Crippen LogP contribution < -0.4 is 5.32 Å². The average Bonchev–Trinajstić information content (AvgIpc) is 2.77. The number of nitrogens with zero attached hydrogens (tertiary/aromatic N) is 2. The number of anilines is 2. The number of aryl methyl sites for hydroxylation is 1. The molecule has 0 atom stereocenters. The van der Waals surface area contributed by atoms with Crippen LogP contribution in [0.15, 0.2) is 54.9 Å². The highest BCUT2D eigenvalue weighted by molar-refractivity contribution is 5.67. The first kappa shape index (κ1) is 21.0. The van der Waals surface area contributed by atoms with Crippen LogP contribution in [0.1, 0.15) is 49.1 Å². The Bertz CT molecular complexity index is 1040. The molecule has 4 rings (SSSR count). The lowest BCUT2D eigenvalue weighted by Crippen LogP contribution is -2.16. The summed E-state index contributed by atoms with van der Waals surface area (Å²) in [6.07, 6.45) is 7.31. The maximum atomic E-state index is 13.4. The van der Waals surface area contributed by atoms with E-state index in [2.05, 4.69) is 39.6 Å². The summed E-state index contributed by atoms with van der Waals surface area (Å²) in [4.78, 5) is 19.5. The van der Waals surface area contributed by atoms with Crippen LogP contribution in [-0.2, 0) is 4.79 Å². The number of carboxylic acids is 1. The molecule has 0 aliphatic heterocycles. The van der Waals surface area contributed by atoms with Crippen molar-refractivity contribution in [2.45, 2.75) is 44.9 Å². The van der Waals surface area contributed by atoms with Gasteiger partial charge < -0.3 is 10.4 Å². The fourth-order valence-electron chi connectivity index (χ4n) is 4.27. The lowest BCUT2D eigenvalue weighted by molar-refractivity contribution is -0.138. The molecule has 0 saturated heterocycles. The quantitative estimate of drug-likeness (QED) is 0.506. The number of pyridine rings is 2. The van der Waals surface area contributed by atoms with Gasteiger partial charge in [-0.2, -0.15) is 0 Å². The first-order valence-electron chi connectivity index (χ1n) is 10.7. The molecule has 6 heteroatoms. The summed E-state index contributed by atoms with van der Waals surface area (Å²) >= 11 is 0. The van der Waals surface area contributed by atoms with E-state index < -0.39 is 5.97 Å². The van der Waals surface area contributed by atoms with Crippen molar-refractivity contribution in [2.75, 3.05) is 5.32 Å². The SMILES string of the molecule is Cc1cc(Nc2ccc(-c3ccc(C4CCC(CC(=O)O)CC4)cc3)nc2)ncc1F. The molecule has 0 bridgehead atoms. The zero-order valence-electron chi connectivity index (χ0n) is 17.5. The predicted molar refractivity (Wildman–Crippen MR) is 119 cm³/mol. The van der Waals surface area contributed by atoms with Crippen molar-refractivity contribution in [3.8, 4) is 11.3 Å². The number of aromatic nitrogens is 2. The van der Waals surface area contributed by atoms with Gasteiger partial charge in [-0.3, -0.25) is 9.78 Å². The van der Waals surface area contributed by atoms with Gasteiger partial charge in [-0.05, 0) is 73.8 Å². The number of benzene rings is 1. The van der Waals surface area contributed by atoms with Crippen molar-refractivity contribution in [3.05, 3.63) is 71.8 Å². The number of hydrogen-bond acceptors (Lipinski definition) is 4. The number of carbonyl (C=O) groups is 1. The normalized spacial score (nSPS) is 18.5. The smallest absolute Gasteiger partial charge is 0.303 e. The number of nitrogens with one attached hydrogen (secondary N) is 1. The van der Waals surface area contributed by atoms with E-state index in [1.807, 2.05) is 12.1 Å². The fourth-order valence-corrected chi connectivity index (χ4v) is 4.27. The highest BCUT2D eigenvalue weighted by atomic mass is 19.1. The Balaban J connectivity index is 1.38. The van der Waals surface area contributed by atoms with Crippen molar-refractivity contribution in [2.24, 2.45) is 5.92 Å². The largest absolute Gasteiger partial charge is 0.481 e. The predicted octanol–water partition coefficient (Wildman–Crippen LogP) is 6.08. The van der Waals surface area contributed by atoms with Crippen molar-refractivity contribution in [3.63, 3.8) is 0 Å². The van der Waals surface area contributed by atoms with Gasteiger partial charge in [-0.25, -0.2) is 9.37 Å². The van der Waals surface area contributed by atoms with Gasteiger partial charge in [0.1, 0.15) is 11.6 Å². The van der Waals surface area contributed by atoms with Gasteiger partial charge >= 0.3 is 5.97 Å². The lowest BCUT2D eigenvalue weighted by atomic mass is 9.77. The van der Waals surface area contributed by atoms with E-state index in [-0.39, 0.29) is 5.82 Å². The summed E-state index contributed by atoms with van der Waals surface area (Å²) in [6.45, 7) is 1.70. The number of carboxylic acid groups (broad SMARTS) is 1. The van der Waals surface area contributed by atoms with Crippen LogP contribution in [0.4, 0.5) is 15.9 Å². The molecule has 160 valence electrons. The van der Waals surface area contributed by atoms with Crippen LogP contribution >= 0.6 is 0 Å². The summed E-state index contributed by atoms with van der Waals surface area (Å²) in [5.41, 5.74) is 4.57. The van der Waals surface area contributed by atoms with E-state index >= 15 is 0 Å². The molecule has 1 aliphatic carbocycles. The highest BCUT2D eigenvalue weighted by Gasteiger charge is 2.23. The molecule has 5 nitrogen and oxygen atoms in total. The van der Waals surface area contributed by atoms with Crippen LogP contribution in [0.2, 0.25) is 0 Å². The molecule has 2 aromatic heterocycles. The monoisotopic (exact) mass is 419 g/mol. The van der Waals surface area contributed by atoms with Crippen LogP contribution in [0.25, 0.3) is 11.3 Å². The van der Waals surface area contributed by atoms with E-state index in [0.29, 0.717) is 29.6 Å². The maximum absolute atomic E-state index is 13.4. The molecule has 1 saturated carbocycles. The molecule has 3 aromatic rings. The summed E-state index contributed by atoms with van der Waals surface area (Å²) in [6, 6.07) is 14.1. The van der Waals surface area contributed by atoms with E-state index in [1.54, 1.807) is 19.2 Å². The van der Waals surface area contributed by atoms with Crippen LogP contribution in [0.5, 0.6) is 0 Å². The third kappa shape index (κ3) is 5.26. The number of rotatable bonds is 6. The van der Waals surface area contributed by atoms with E-state index in [4.69, 9.17) is 5.11 Å². The maximum Gasteiger partial charge on any atom is 0.303 e. The molecular weight excluding hydrogens is 393 g/mol. The van der Waals surface area contributed by atoms with Crippen molar-refractivity contribution < 1.29 is 14.3 Å².